The summed E-state index contributed by atoms with van der Waals surface area (Å²) in [4.78, 5) is 4.55. The molecule has 2 unspecified atom stereocenters. The number of aromatic nitrogens is 1. The second-order valence-electron chi connectivity index (χ2n) is 4.30. The molecule has 2 nitrogen and oxygen atoms in total. The third-order valence-electron chi connectivity index (χ3n) is 3.30. The maximum absolute atomic E-state index is 8.59. The summed E-state index contributed by atoms with van der Waals surface area (Å²) >= 11 is 1.74. The topological polar surface area (TPSA) is 36.7 Å². The molecule has 1 aliphatic rings. The van der Waals surface area contributed by atoms with Gasteiger partial charge in [-0.15, -0.1) is 11.3 Å². The lowest BCUT2D eigenvalue weighted by Gasteiger charge is -2.05. The van der Waals surface area contributed by atoms with Crippen LogP contribution < -0.4 is 0 Å². The Hall–Kier alpha value is -0.880. The number of nitrogens with zero attached hydrogens (tertiary/aromatic N) is 2. The van der Waals surface area contributed by atoms with Crippen molar-refractivity contribution in [1.29, 1.82) is 5.26 Å². The van der Waals surface area contributed by atoms with Crippen molar-refractivity contribution < 1.29 is 0 Å². The van der Waals surface area contributed by atoms with E-state index in [1.54, 1.807) is 11.3 Å². The molecule has 1 aromatic heterocycles. The highest BCUT2D eigenvalue weighted by molar-refractivity contribution is 7.09. The third kappa shape index (κ3) is 2.38. The number of rotatable bonds is 3. The Balaban J connectivity index is 2.01. The van der Waals surface area contributed by atoms with Gasteiger partial charge in [-0.3, -0.25) is 0 Å². The molecular weight excluding hydrogens is 204 g/mol. The highest BCUT2D eigenvalue weighted by Crippen LogP contribution is 2.40. The molecule has 1 aromatic rings. The lowest BCUT2D eigenvalue weighted by Crippen LogP contribution is -1.94. The molecule has 1 saturated carbocycles. The van der Waals surface area contributed by atoms with Gasteiger partial charge in [0, 0.05) is 11.3 Å². The van der Waals surface area contributed by atoms with E-state index in [9.17, 15) is 0 Å². The molecular formula is C12H16N2S. The van der Waals surface area contributed by atoms with Crippen LogP contribution in [0.15, 0.2) is 5.38 Å². The highest BCUT2D eigenvalue weighted by atomic mass is 32.1. The molecule has 2 rings (SSSR count). The zero-order valence-corrected chi connectivity index (χ0v) is 9.89. The van der Waals surface area contributed by atoms with Crippen molar-refractivity contribution in [3.63, 3.8) is 0 Å². The van der Waals surface area contributed by atoms with Gasteiger partial charge in [0.05, 0.1) is 23.2 Å². The molecule has 1 heterocycles. The smallest absolute Gasteiger partial charge is 0.0959 e. The molecule has 80 valence electrons. The Morgan fingerprint density at radius 3 is 3.13 bits per heavy atom. The number of hydrogen-bond donors (Lipinski definition) is 0. The second-order valence-corrected chi connectivity index (χ2v) is 5.19. The maximum atomic E-state index is 8.59. The van der Waals surface area contributed by atoms with Crippen LogP contribution in [0.5, 0.6) is 0 Å². The number of thiazole rings is 1. The van der Waals surface area contributed by atoms with Crippen LogP contribution in [0, 0.1) is 17.2 Å². The molecule has 0 bridgehead atoms. The second kappa shape index (κ2) is 4.76. The standard InChI is InChI=1S/C12H16N2S/c1-2-9-3-4-10(7-9)12-14-11(5-6-13)8-15-12/h8-10H,2-5,7H2,1H3. The van der Waals surface area contributed by atoms with Crippen molar-refractivity contribution in [3.8, 4) is 6.07 Å². The van der Waals surface area contributed by atoms with E-state index in [1.807, 2.05) is 5.38 Å². The molecule has 3 heteroatoms. The van der Waals surface area contributed by atoms with Gasteiger partial charge in [-0.1, -0.05) is 13.3 Å². The summed E-state index contributed by atoms with van der Waals surface area (Å²) in [6, 6.07) is 2.15. The average molecular weight is 220 g/mol. The van der Waals surface area contributed by atoms with E-state index in [0.29, 0.717) is 12.3 Å². The van der Waals surface area contributed by atoms with E-state index in [1.165, 1.54) is 30.7 Å². The van der Waals surface area contributed by atoms with Crippen molar-refractivity contribution in [2.45, 2.75) is 44.9 Å². The van der Waals surface area contributed by atoms with Crippen molar-refractivity contribution in [2.75, 3.05) is 0 Å². The molecule has 2 atom stereocenters. The van der Waals surface area contributed by atoms with Gasteiger partial charge in [-0.2, -0.15) is 5.26 Å². The Morgan fingerprint density at radius 1 is 1.60 bits per heavy atom. The average Bonchev–Trinajstić information content (AvgIpc) is 2.85. The maximum Gasteiger partial charge on any atom is 0.0959 e. The van der Waals surface area contributed by atoms with E-state index >= 15 is 0 Å². The van der Waals surface area contributed by atoms with Crippen molar-refractivity contribution in [3.05, 3.63) is 16.1 Å². The molecule has 0 saturated heterocycles. The zero-order chi connectivity index (χ0) is 10.7. The van der Waals surface area contributed by atoms with Crippen LogP contribution in [0.4, 0.5) is 0 Å². The van der Waals surface area contributed by atoms with Crippen molar-refractivity contribution >= 4 is 11.3 Å². The summed E-state index contributed by atoms with van der Waals surface area (Å²) in [7, 11) is 0. The van der Waals surface area contributed by atoms with Gasteiger partial charge in [-0.25, -0.2) is 4.98 Å². The van der Waals surface area contributed by atoms with Crippen LogP contribution >= 0.6 is 11.3 Å². The van der Waals surface area contributed by atoms with Crippen LogP contribution in [0.3, 0.4) is 0 Å². The fourth-order valence-corrected chi connectivity index (χ4v) is 3.31. The Labute approximate surface area is 95.0 Å². The van der Waals surface area contributed by atoms with E-state index < -0.39 is 0 Å². The predicted molar refractivity (Wildman–Crippen MR) is 61.8 cm³/mol. The Bertz CT molecular complexity index is 364. The predicted octanol–water partition coefficient (Wildman–Crippen LogP) is 3.50. The summed E-state index contributed by atoms with van der Waals surface area (Å²) in [5.74, 6) is 1.57. The van der Waals surface area contributed by atoms with Crippen LogP contribution in [-0.4, -0.2) is 4.98 Å². The minimum absolute atomic E-state index is 0.459. The van der Waals surface area contributed by atoms with Gasteiger partial charge < -0.3 is 0 Å². The van der Waals surface area contributed by atoms with Crippen molar-refractivity contribution in [1.82, 2.24) is 4.98 Å². The SMILES string of the molecule is CCC1CCC(c2nc(CC#N)cs2)C1. The van der Waals surface area contributed by atoms with E-state index in [0.717, 1.165) is 11.6 Å². The molecule has 1 aliphatic carbocycles. The minimum atomic E-state index is 0.459. The normalized spacial score (nSPS) is 25.3. The quantitative estimate of drug-likeness (QED) is 0.781. The summed E-state index contributed by atoms with van der Waals surface area (Å²) in [6.45, 7) is 2.27. The highest BCUT2D eigenvalue weighted by Gasteiger charge is 2.26. The molecule has 0 aliphatic heterocycles. The first-order chi connectivity index (χ1) is 7.33. The Morgan fingerprint density at radius 2 is 2.47 bits per heavy atom. The molecule has 15 heavy (non-hydrogen) atoms. The molecule has 0 amide bonds. The number of nitriles is 1. The zero-order valence-electron chi connectivity index (χ0n) is 9.07. The Kier molecular flexibility index (Phi) is 3.37. The van der Waals surface area contributed by atoms with Crippen LogP contribution in [0.1, 0.15) is 49.2 Å². The molecule has 0 radical (unpaired) electrons. The third-order valence-corrected chi connectivity index (χ3v) is 4.35. The minimum Gasteiger partial charge on any atom is -0.245 e. The fourth-order valence-electron chi connectivity index (χ4n) is 2.34. The van der Waals surface area contributed by atoms with Gasteiger partial charge in [0.2, 0.25) is 0 Å². The largest absolute Gasteiger partial charge is 0.245 e. The summed E-state index contributed by atoms with van der Waals surface area (Å²) < 4.78 is 0. The molecule has 1 fully saturated rings. The molecule has 0 N–H and O–H groups in total. The van der Waals surface area contributed by atoms with Gasteiger partial charge in [0.15, 0.2) is 0 Å². The van der Waals surface area contributed by atoms with Gasteiger partial charge in [0.25, 0.3) is 0 Å². The first-order valence-electron chi connectivity index (χ1n) is 5.64. The summed E-state index contributed by atoms with van der Waals surface area (Å²) in [5, 5.41) is 11.9. The van der Waals surface area contributed by atoms with E-state index in [4.69, 9.17) is 5.26 Å². The van der Waals surface area contributed by atoms with Gasteiger partial charge in [-0.05, 0) is 25.2 Å². The van der Waals surface area contributed by atoms with Gasteiger partial charge in [0.1, 0.15) is 0 Å². The lowest BCUT2D eigenvalue weighted by atomic mass is 10.0. The van der Waals surface area contributed by atoms with Crippen LogP contribution in [-0.2, 0) is 6.42 Å². The van der Waals surface area contributed by atoms with Crippen molar-refractivity contribution in [2.24, 2.45) is 5.92 Å². The first-order valence-corrected chi connectivity index (χ1v) is 6.52. The monoisotopic (exact) mass is 220 g/mol. The molecule has 0 aromatic carbocycles. The van der Waals surface area contributed by atoms with Crippen LogP contribution in [0.2, 0.25) is 0 Å². The van der Waals surface area contributed by atoms with E-state index in [-0.39, 0.29) is 0 Å². The lowest BCUT2D eigenvalue weighted by molar-refractivity contribution is 0.521. The fraction of sp³-hybridized carbons (Fsp3) is 0.667. The summed E-state index contributed by atoms with van der Waals surface area (Å²) in [6.07, 6.45) is 5.70. The van der Waals surface area contributed by atoms with Gasteiger partial charge >= 0.3 is 0 Å². The van der Waals surface area contributed by atoms with Crippen LogP contribution in [0.25, 0.3) is 0 Å². The summed E-state index contributed by atoms with van der Waals surface area (Å²) in [5.41, 5.74) is 0.956. The number of hydrogen-bond acceptors (Lipinski definition) is 3. The van der Waals surface area contributed by atoms with E-state index in [2.05, 4.69) is 18.0 Å². The molecule has 0 spiro atoms. The first kappa shape index (κ1) is 10.6.